The summed E-state index contributed by atoms with van der Waals surface area (Å²) in [4.78, 5) is 53.3. The number of nitrogens with one attached hydrogen (secondary N) is 3. The van der Waals surface area contributed by atoms with Crippen molar-refractivity contribution in [3.63, 3.8) is 0 Å². The average Bonchev–Trinajstić information content (AvgIpc) is 3.24. The van der Waals surface area contributed by atoms with E-state index >= 15 is 0 Å². The van der Waals surface area contributed by atoms with E-state index in [0.29, 0.717) is 12.8 Å². The fourth-order valence-electron chi connectivity index (χ4n) is 5.14. The standard InChI is InChI=1S/C27H41N5O4/c1-6-20(28)24(34)31-23(27(3,4)5)26(36)32-15-18(29-16(2)33)14-22(32)25(35)30-21-13-9-11-17-10-7-8-12-19(17)21/h7-8,10,12,18,20-23H,6,9,11,13-15,28H2,1-5H3,(H,29,33)(H,30,35)(H,31,34). The van der Waals surface area contributed by atoms with Gasteiger partial charge in [0.05, 0.1) is 12.1 Å². The molecular formula is C27H41N5O4. The van der Waals surface area contributed by atoms with Crippen molar-refractivity contribution < 1.29 is 19.2 Å². The third-order valence-corrected chi connectivity index (χ3v) is 7.16. The quantitative estimate of drug-likeness (QED) is 0.452. The Morgan fingerprint density at radius 1 is 1.14 bits per heavy atom. The number of hydrogen-bond acceptors (Lipinski definition) is 5. The number of hydrogen-bond donors (Lipinski definition) is 4. The van der Waals surface area contributed by atoms with Gasteiger partial charge in [0, 0.05) is 19.5 Å². The predicted molar refractivity (Wildman–Crippen MR) is 138 cm³/mol. The maximum absolute atomic E-state index is 13.9. The van der Waals surface area contributed by atoms with Crippen LogP contribution in [0.15, 0.2) is 24.3 Å². The van der Waals surface area contributed by atoms with Crippen molar-refractivity contribution in [2.75, 3.05) is 6.54 Å². The van der Waals surface area contributed by atoms with Crippen LogP contribution < -0.4 is 21.7 Å². The predicted octanol–water partition coefficient (Wildman–Crippen LogP) is 1.55. The largest absolute Gasteiger partial charge is 0.352 e. The van der Waals surface area contributed by atoms with E-state index in [0.717, 1.165) is 24.8 Å². The van der Waals surface area contributed by atoms with Crippen LogP contribution in [0.3, 0.4) is 0 Å². The van der Waals surface area contributed by atoms with E-state index in [1.54, 1.807) is 6.92 Å². The zero-order chi connectivity index (χ0) is 26.6. The third kappa shape index (κ3) is 6.43. The highest BCUT2D eigenvalue weighted by Gasteiger charge is 2.45. The highest BCUT2D eigenvalue weighted by molar-refractivity contribution is 5.94. The Morgan fingerprint density at radius 3 is 2.47 bits per heavy atom. The molecule has 1 saturated heterocycles. The topological polar surface area (TPSA) is 134 Å². The van der Waals surface area contributed by atoms with Crippen LogP contribution in [0.5, 0.6) is 0 Å². The van der Waals surface area contributed by atoms with Gasteiger partial charge in [0.25, 0.3) is 0 Å². The number of amides is 4. The normalized spacial score (nSPS) is 23.3. The Balaban J connectivity index is 1.85. The molecular weight excluding hydrogens is 458 g/mol. The van der Waals surface area contributed by atoms with Crippen LogP contribution in [0.2, 0.25) is 0 Å². The summed E-state index contributed by atoms with van der Waals surface area (Å²) in [6.07, 6.45) is 3.53. The van der Waals surface area contributed by atoms with Crippen molar-refractivity contribution in [1.29, 1.82) is 0 Å². The molecule has 5 N–H and O–H groups in total. The molecule has 1 fully saturated rings. The number of carbonyl (C=O) groups is 4. The molecule has 2 aliphatic rings. The van der Waals surface area contributed by atoms with Gasteiger partial charge < -0.3 is 26.6 Å². The summed E-state index contributed by atoms with van der Waals surface area (Å²) in [5.74, 6) is -1.22. The van der Waals surface area contributed by atoms with E-state index in [-0.39, 0.29) is 36.3 Å². The van der Waals surface area contributed by atoms with Crippen molar-refractivity contribution >= 4 is 23.6 Å². The summed E-state index contributed by atoms with van der Waals surface area (Å²) >= 11 is 0. The van der Waals surface area contributed by atoms with E-state index in [1.165, 1.54) is 17.4 Å². The first-order valence-corrected chi connectivity index (χ1v) is 12.9. The second-order valence-corrected chi connectivity index (χ2v) is 11.1. The van der Waals surface area contributed by atoms with Gasteiger partial charge in [-0.3, -0.25) is 19.2 Å². The SMILES string of the molecule is CCC(N)C(=O)NC(C(=O)N1CC(NC(C)=O)CC1C(=O)NC1CCCc2ccccc21)C(C)(C)C. The molecule has 198 valence electrons. The van der Waals surface area contributed by atoms with Gasteiger partial charge in [0.15, 0.2) is 0 Å². The molecule has 5 atom stereocenters. The summed E-state index contributed by atoms with van der Waals surface area (Å²) in [7, 11) is 0. The first-order valence-electron chi connectivity index (χ1n) is 12.9. The lowest BCUT2D eigenvalue weighted by Crippen LogP contribution is -2.59. The van der Waals surface area contributed by atoms with Gasteiger partial charge in [0.2, 0.25) is 23.6 Å². The van der Waals surface area contributed by atoms with Crippen LogP contribution in [0.1, 0.15) is 77.5 Å². The molecule has 9 nitrogen and oxygen atoms in total. The van der Waals surface area contributed by atoms with Crippen LogP contribution >= 0.6 is 0 Å². The minimum Gasteiger partial charge on any atom is -0.352 e. The molecule has 3 rings (SSSR count). The zero-order valence-corrected chi connectivity index (χ0v) is 22.1. The Morgan fingerprint density at radius 2 is 1.83 bits per heavy atom. The van der Waals surface area contributed by atoms with Gasteiger partial charge in [-0.05, 0) is 48.6 Å². The fourth-order valence-corrected chi connectivity index (χ4v) is 5.14. The number of likely N-dealkylation sites (tertiary alicyclic amines) is 1. The minimum absolute atomic E-state index is 0.125. The molecule has 1 heterocycles. The number of nitrogens with zero attached hydrogens (tertiary/aromatic N) is 1. The van der Waals surface area contributed by atoms with Crippen LogP contribution in [-0.2, 0) is 25.6 Å². The Hall–Kier alpha value is -2.94. The van der Waals surface area contributed by atoms with Crippen molar-refractivity contribution in [2.45, 2.75) is 96.9 Å². The van der Waals surface area contributed by atoms with Crippen LogP contribution in [0.4, 0.5) is 0 Å². The molecule has 5 unspecified atom stereocenters. The van der Waals surface area contributed by atoms with Crippen LogP contribution in [0, 0.1) is 5.41 Å². The molecule has 1 aromatic rings. The monoisotopic (exact) mass is 499 g/mol. The van der Waals surface area contributed by atoms with Gasteiger partial charge >= 0.3 is 0 Å². The molecule has 0 aromatic heterocycles. The fraction of sp³-hybridized carbons (Fsp3) is 0.630. The smallest absolute Gasteiger partial charge is 0.246 e. The molecule has 1 aliphatic carbocycles. The highest BCUT2D eigenvalue weighted by Crippen LogP contribution is 2.31. The van der Waals surface area contributed by atoms with Crippen LogP contribution in [0.25, 0.3) is 0 Å². The first-order chi connectivity index (χ1) is 16.9. The van der Waals surface area contributed by atoms with Crippen molar-refractivity contribution in [2.24, 2.45) is 11.1 Å². The maximum atomic E-state index is 13.9. The molecule has 0 radical (unpaired) electrons. The average molecular weight is 500 g/mol. The van der Waals surface area contributed by atoms with Crippen molar-refractivity contribution in [3.05, 3.63) is 35.4 Å². The second-order valence-electron chi connectivity index (χ2n) is 11.1. The Bertz CT molecular complexity index is 989. The summed E-state index contributed by atoms with van der Waals surface area (Å²) in [5, 5.41) is 8.84. The molecule has 1 aromatic carbocycles. The molecule has 36 heavy (non-hydrogen) atoms. The van der Waals surface area contributed by atoms with Crippen LogP contribution in [-0.4, -0.2) is 59.2 Å². The zero-order valence-electron chi connectivity index (χ0n) is 22.1. The molecule has 1 aliphatic heterocycles. The van der Waals surface area contributed by atoms with Crippen molar-refractivity contribution in [1.82, 2.24) is 20.9 Å². The maximum Gasteiger partial charge on any atom is 0.246 e. The Labute approximate surface area is 213 Å². The first kappa shape index (κ1) is 27.6. The Kier molecular flexibility index (Phi) is 8.76. The molecule has 0 saturated carbocycles. The summed E-state index contributed by atoms with van der Waals surface area (Å²) in [6, 6.07) is 5.27. The lowest BCUT2D eigenvalue weighted by Gasteiger charge is -2.36. The van der Waals surface area contributed by atoms with E-state index in [1.807, 2.05) is 39.0 Å². The summed E-state index contributed by atoms with van der Waals surface area (Å²) in [6.45, 7) is 9.01. The van der Waals surface area contributed by atoms with Crippen molar-refractivity contribution in [3.8, 4) is 0 Å². The third-order valence-electron chi connectivity index (χ3n) is 7.16. The van der Waals surface area contributed by atoms with Gasteiger partial charge in [-0.1, -0.05) is 52.0 Å². The van der Waals surface area contributed by atoms with Gasteiger partial charge in [-0.25, -0.2) is 0 Å². The summed E-state index contributed by atoms with van der Waals surface area (Å²) < 4.78 is 0. The van der Waals surface area contributed by atoms with E-state index in [2.05, 4.69) is 22.0 Å². The second kappa shape index (κ2) is 11.4. The lowest BCUT2D eigenvalue weighted by molar-refractivity contribution is -0.144. The molecule has 0 spiro atoms. The molecule has 4 amide bonds. The number of benzene rings is 1. The van der Waals surface area contributed by atoms with E-state index < -0.39 is 29.4 Å². The number of nitrogens with two attached hydrogens (primary N) is 1. The summed E-state index contributed by atoms with van der Waals surface area (Å²) in [5.41, 5.74) is 7.63. The number of rotatable bonds is 7. The van der Waals surface area contributed by atoms with Gasteiger partial charge in [-0.15, -0.1) is 0 Å². The number of fused-ring (bicyclic) bond motifs is 1. The number of aryl methyl sites for hydroxylation is 1. The minimum atomic E-state index is -0.871. The van der Waals surface area contributed by atoms with E-state index in [9.17, 15) is 19.2 Å². The molecule has 0 bridgehead atoms. The van der Waals surface area contributed by atoms with Gasteiger partial charge in [0.1, 0.15) is 12.1 Å². The number of carbonyl (C=O) groups excluding carboxylic acids is 4. The van der Waals surface area contributed by atoms with E-state index in [4.69, 9.17) is 5.73 Å². The lowest BCUT2D eigenvalue weighted by atomic mass is 9.85. The van der Waals surface area contributed by atoms with Gasteiger partial charge in [-0.2, -0.15) is 0 Å². The molecule has 9 heteroatoms. The highest BCUT2D eigenvalue weighted by atomic mass is 16.2.